The van der Waals surface area contributed by atoms with Gasteiger partial charge in [0.2, 0.25) is 0 Å². The van der Waals surface area contributed by atoms with Crippen LogP contribution < -0.4 is 11.1 Å². The minimum absolute atomic E-state index is 0.0589. The van der Waals surface area contributed by atoms with Crippen molar-refractivity contribution < 1.29 is 0 Å². The molecule has 0 bridgehead atoms. The van der Waals surface area contributed by atoms with E-state index in [-0.39, 0.29) is 11.1 Å². The Bertz CT molecular complexity index is 1340. The SMILES string of the molecule is O=c1[nH]c(SSc2nc3sc4c(c3c(=O)[nH]2)CCCCC4)nc2sc3c(c12)CCCCC3. The van der Waals surface area contributed by atoms with Gasteiger partial charge in [-0.3, -0.25) is 9.59 Å². The monoisotopic (exact) mass is 502 g/mol. The molecule has 0 atom stereocenters. The molecular weight excluding hydrogens is 481 g/mol. The molecule has 4 aromatic heterocycles. The number of aromatic amines is 2. The summed E-state index contributed by atoms with van der Waals surface area (Å²) in [4.78, 5) is 45.3. The molecule has 0 unspecified atom stereocenters. The largest absolute Gasteiger partial charge is 0.300 e. The van der Waals surface area contributed by atoms with Crippen molar-refractivity contribution in [3.8, 4) is 0 Å². The van der Waals surface area contributed by atoms with Crippen LogP contribution in [0.2, 0.25) is 0 Å². The lowest BCUT2D eigenvalue weighted by atomic mass is 10.1. The lowest BCUT2D eigenvalue weighted by Crippen LogP contribution is -2.10. The maximum Gasteiger partial charge on any atom is 0.260 e. The highest BCUT2D eigenvalue weighted by molar-refractivity contribution is 8.76. The first kappa shape index (κ1) is 20.9. The Morgan fingerprint density at radius 3 is 1.53 bits per heavy atom. The number of H-pyrrole nitrogens is 2. The molecule has 0 radical (unpaired) electrons. The third kappa shape index (κ3) is 3.74. The fraction of sp³-hybridized carbons (Fsp3) is 0.455. The number of nitrogens with one attached hydrogen (secondary N) is 2. The van der Waals surface area contributed by atoms with Crippen LogP contribution in [-0.2, 0) is 25.7 Å². The van der Waals surface area contributed by atoms with Crippen molar-refractivity contribution in [2.24, 2.45) is 0 Å². The second kappa shape index (κ2) is 8.62. The van der Waals surface area contributed by atoms with E-state index in [0.717, 1.165) is 59.0 Å². The van der Waals surface area contributed by atoms with Crippen LogP contribution in [0.1, 0.15) is 59.4 Å². The maximum atomic E-state index is 12.8. The molecule has 0 fully saturated rings. The molecule has 0 amide bonds. The molecule has 0 saturated carbocycles. The van der Waals surface area contributed by atoms with Crippen LogP contribution in [0.5, 0.6) is 0 Å². The minimum atomic E-state index is -0.0589. The lowest BCUT2D eigenvalue weighted by Gasteiger charge is -2.02. The summed E-state index contributed by atoms with van der Waals surface area (Å²) in [5.74, 6) is 0. The lowest BCUT2D eigenvalue weighted by molar-refractivity contribution is 0.713. The summed E-state index contributed by atoms with van der Waals surface area (Å²) in [5.41, 5.74) is 2.29. The van der Waals surface area contributed by atoms with Gasteiger partial charge in [-0.05, 0) is 84.1 Å². The van der Waals surface area contributed by atoms with Crippen molar-refractivity contribution in [3.63, 3.8) is 0 Å². The molecule has 2 N–H and O–H groups in total. The van der Waals surface area contributed by atoms with Crippen LogP contribution in [0.15, 0.2) is 19.9 Å². The van der Waals surface area contributed by atoms with Gasteiger partial charge in [-0.2, -0.15) is 0 Å². The highest BCUT2D eigenvalue weighted by Gasteiger charge is 2.21. The molecule has 4 heterocycles. The normalized spacial score (nSPS) is 16.6. The fourth-order valence-electron chi connectivity index (χ4n) is 4.80. The maximum absolute atomic E-state index is 12.8. The summed E-state index contributed by atoms with van der Waals surface area (Å²) in [7, 11) is 2.67. The first-order valence-corrected chi connectivity index (χ1v) is 14.9. The van der Waals surface area contributed by atoms with Crippen LogP contribution >= 0.6 is 44.3 Å². The Morgan fingerprint density at radius 2 is 1.06 bits per heavy atom. The molecule has 0 aromatic carbocycles. The zero-order valence-corrected chi connectivity index (χ0v) is 20.7. The number of fused-ring (bicyclic) bond motifs is 6. The van der Waals surface area contributed by atoms with E-state index in [0.29, 0.717) is 10.3 Å². The first-order chi connectivity index (χ1) is 15.7. The van der Waals surface area contributed by atoms with Gasteiger partial charge in [0.05, 0.1) is 10.8 Å². The van der Waals surface area contributed by atoms with Crippen molar-refractivity contribution in [1.29, 1.82) is 0 Å². The zero-order chi connectivity index (χ0) is 21.7. The first-order valence-electron chi connectivity index (χ1n) is 11.1. The Morgan fingerprint density at radius 1 is 0.625 bits per heavy atom. The average molecular weight is 503 g/mol. The van der Waals surface area contributed by atoms with Gasteiger partial charge in [0, 0.05) is 9.75 Å². The number of hydrogen-bond donors (Lipinski definition) is 2. The molecule has 2 aliphatic carbocycles. The molecule has 4 aromatic rings. The van der Waals surface area contributed by atoms with Crippen LogP contribution in [0, 0.1) is 0 Å². The summed E-state index contributed by atoms with van der Waals surface area (Å²) in [6.45, 7) is 0. The van der Waals surface area contributed by atoms with Crippen molar-refractivity contribution in [1.82, 2.24) is 19.9 Å². The average Bonchev–Trinajstić information content (AvgIpc) is 3.09. The molecule has 0 spiro atoms. The molecule has 6 rings (SSSR count). The fourth-order valence-corrected chi connectivity index (χ4v) is 9.07. The van der Waals surface area contributed by atoms with E-state index in [4.69, 9.17) is 9.97 Å². The smallest absolute Gasteiger partial charge is 0.260 e. The van der Waals surface area contributed by atoms with Gasteiger partial charge in [0.15, 0.2) is 10.3 Å². The van der Waals surface area contributed by atoms with E-state index in [1.165, 1.54) is 68.2 Å². The third-order valence-corrected chi connectivity index (χ3v) is 10.7. The van der Waals surface area contributed by atoms with Gasteiger partial charge in [-0.25, -0.2) is 9.97 Å². The Hall–Kier alpha value is -1.62. The predicted octanol–water partition coefficient (Wildman–Crippen LogP) is 5.62. The van der Waals surface area contributed by atoms with Gasteiger partial charge in [0.25, 0.3) is 11.1 Å². The van der Waals surface area contributed by atoms with Crippen LogP contribution in [0.3, 0.4) is 0 Å². The summed E-state index contributed by atoms with van der Waals surface area (Å²) < 4.78 is 0. The molecule has 32 heavy (non-hydrogen) atoms. The van der Waals surface area contributed by atoms with Crippen LogP contribution in [0.4, 0.5) is 0 Å². The van der Waals surface area contributed by atoms with Crippen molar-refractivity contribution in [2.75, 3.05) is 0 Å². The Kier molecular flexibility index (Phi) is 5.65. The summed E-state index contributed by atoms with van der Waals surface area (Å²) >= 11 is 3.32. The van der Waals surface area contributed by atoms with Crippen LogP contribution in [0.25, 0.3) is 20.4 Å². The van der Waals surface area contributed by atoms with E-state index in [2.05, 4.69) is 9.97 Å². The van der Waals surface area contributed by atoms with Crippen molar-refractivity contribution >= 4 is 64.7 Å². The van der Waals surface area contributed by atoms with Gasteiger partial charge in [-0.15, -0.1) is 22.7 Å². The van der Waals surface area contributed by atoms with Gasteiger partial charge in [0.1, 0.15) is 9.66 Å². The van der Waals surface area contributed by atoms with Gasteiger partial charge < -0.3 is 9.97 Å². The third-order valence-electron chi connectivity index (χ3n) is 6.31. The molecular formula is C22H22N4O2S4. The molecule has 6 nitrogen and oxygen atoms in total. The highest BCUT2D eigenvalue weighted by Crippen LogP contribution is 2.38. The molecule has 10 heteroatoms. The second-order valence-electron chi connectivity index (χ2n) is 8.40. The Balaban J connectivity index is 1.29. The molecule has 0 aliphatic heterocycles. The number of nitrogens with zero attached hydrogens (tertiary/aromatic N) is 2. The Labute approximate surface area is 200 Å². The minimum Gasteiger partial charge on any atom is -0.300 e. The number of aromatic nitrogens is 4. The van der Waals surface area contributed by atoms with E-state index in [1.54, 1.807) is 22.7 Å². The van der Waals surface area contributed by atoms with E-state index in [1.807, 2.05) is 0 Å². The van der Waals surface area contributed by atoms with E-state index in [9.17, 15) is 9.59 Å². The molecule has 0 saturated heterocycles. The number of thiophene rings is 2. The van der Waals surface area contributed by atoms with Gasteiger partial charge >= 0.3 is 0 Å². The van der Waals surface area contributed by atoms with Crippen molar-refractivity contribution in [2.45, 2.75) is 74.5 Å². The number of aryl methyl sites for hydroxylation is 4. The summed E-state index contributed by atoms with van der Waals surface area (Å²) in [6, 6.07) is 0. The summed E-state index contributed by atoms with van der Waals surface area (Å²) in [5, 5.41) is 2.64. The van der Waals surface area contributed by atoms with E-state index < -0.39 is 0 Å². The zero-order valence-electron chi connectivity index (χ0n) is 17.4. The van der Waals surface area contributed by atoms with E-state index >= 15 is 0 Å². The standard InChI is InChI=1S/C22H22N4O2S4/c27-17-15-11-7-3-1-5-9-13(11)29-19(15)25-21(23-17)31-32-22-24-18(28)16-12-8-4-2-6-10-14(12)30-20(16)26-22/h1-10H2,(H,23,25,27)(H,24,26,28). The molecule has 2 aliphatic rings. The highest BCUT2D eigenvalue weighted by atomic mass is 33.1. The quantitative estimate of drug-likeness (QED) is 0.215. The number of rotatable bonds is 3. The number of hydrogen-bond acceptors (Lipinski definition) is 8. The van der Waals surface area contributed by atoms with Crippen LogP contribution in [-0.4, -0.2) is 19.9 Å². The topological polar surface area (TPSA) is 91.5 Å². The van der Waals surface area contributed by atoms with Gasteiger partial charge in [-0.1, -0.05) is 12.8 Å². The summed E-state index contributed by atoms with van der Waals surface area (Å²) in [6.07, 6.45) is 11.1. The van der Waals surface area contributed by atoms with Crippen molar-refractivity contribution in [3.05, 3.63) is 41.6 Å². The predicted molar refractivity (Wildman–Crippen MR) is 135 cm³/mol. The second-order valence-corrected chi connectivity index (χ2v) is 12.7. The molecule has 166 valence electrons.